The summed E-state index contributed by atoms with van der Waals surface area (Å²) in [6, 6.07) is 16.1. The Balaban J connectivity index is 0.000000280. The number of carboxylic acid groups (broad SMARTS) is 1. The van der Waals surface area contributed by atoms with Crippen LogP contribution in [0.2, 0.25) is 0 Å². The number of methoxy groups -OCH3 is 1. The lowest BCUT2D eigenvalue weighted by Gasteiger charge is -2.33. The molecule has 0 aliphatic carbocycles. The number of hydrogen-bond donors (Lipinski definition) is 9. The van der Waals surface area contributed by atoms with Gasteiger partial charge < -0.3 is 71.5 Å². The highest BCUT2D eigenvalue weighted by Gasteiger charge is 2.32. The number of carbonyl (C=O) groups excluding carboxylic acids is 5. The number of nitrogens with one attached hydrogen (secondary N) is 7. The van der Waals surface area contributed by atoms with E-state index in [-0.39, 0.29) is 55.4 Å². The quantitative estimate of drug-likeness (QED) is 0.0291. The zero-order valence-electron chi connectivity index (χ0n) is 51.5. The molecule has 2 unspecified atom stereocenters. The number of esters is 2. The number of nitrogens with two attached hydrogens (primary N) is 1. The molecule has 3 amide bonds. The third kappa shape index (κ3) is 24.9. The highest BCUT2D eigenvalue weighted by atomic mass is 35.5. The summed E-state index contributed by atoms with van der Waals surface area (Å²) in [6.07, 6.45) is 7.36. The van der Waals surface area contributed by atoms with Gasteiger partial charge in [-0.3, -0.25) is 24.9 Å². The molecule has 0 saturated carbocycles. The Morgan fingerprint density at radius 3 is 1.55 bits per heavy atom. The lowest BCUT2D eigenvalue weighted by Crippen LogP contribution is -2.48. The van der Waals surface area contributed by atoms with E-state index in [4.69, 9.17) is 47.9 Å². The number of halogens is 2. The van der Waals surface area contributed by atoms with Crippen LogP contribution in [0.4, 0.5) is 32.9 Å². The zero-order valence-corrected chi connectivity index (χ0v) is 53.0. The van der Waals surface area contributed by atoms with Crippen molar-refractivity contribution in [2.24, 2.45) is 27.6 Å². The van der Waals surface area contributed by atoms with Crippen LogP contribution in [-0.2, 0) is 64.2 Å². The molecule has 0 radical (unpaired) electrons. The van der Waals surface area contributed by atoms with Gasteiger partial charge in [0, 0.05) is 82.5 Å². The Kier molecular flexibility index (Phi) is 30.5. The van der Waals surface area contributed by atoms with Crippen molar-refractivity contribution in [3.8, 4) is 0 Å². The molecule has 2 aromatic carbocycles. The highest BCUT2D eigenvalue weighted by molar-refractivity contribution is 6.40. The maximum atomic E-state index is 13.0. The van der Waals surface area contributed by atoms with Crippen molar-refractivity contribution >= 4 is 94.4 Å². The summed E-state index contributed by atoms with van der Waals surface area (Å²) in [5, 5.41) is 30.0. The summed E-state index contributed by atoms with van der Waals surface area (Å²) in [4.78, 5) is 104. The van der Waals surface area contributed by atoms with Crippen molar-refractivity contribution in [3.63, 3.8) is 0 Å². The van der Waals surface area contributed by atoms with Crippen molar-refractivity contribution in [1.29, 1.82) is 0 Å². The second-order valence-electron chi connectivity index (χ2n) is 21.6. The molecule has 4 aromatic rings. The molecule has 8 rings (SSSR count). The van der Waals surface area contributed by atoms with Gasteiger partial charge in [-0.2, -0.15) is 0 Å². The number of alkyl halides is 2. The first-order chi connectivity index (χ1) is 42.9. The number of piperidine rings is 2. The number of ether oxygens (including phenoxy) is 4. The summed E-state index contributed by atoms with van der Waals surface area (Å²) in [7, 11) is 1.41. The Morgan fingerprint density at radius 1 is 0.685 bits per heavy atom. The third-order valence-corrected chi connectivity index (χ3v) is 14.1. The van der Waals surface area contributed by atoms with Gasteiger partial charge in [-0.1, -0.05) is 74.5 Å². The number of carboxylic acids is 1. The van der Waals surface area contributed by atoms with Gasteiger partial charge in [0.15, 0.2) is 11.9 Å². The van der Waals surface area contributed by atoms with E-state index in [0.29, 0.717) is 94.8 Å². The van der Waals surface area contributed by atoms with E-state index >= 15 is 0 Å². The van der Waals surface area contributed by atoms with Gasteiger partial charge >= 0.3 is 30.1 Å². The van der Waals surface area contributed by atoms with Gasteiger partial charge in [-0.25, -0.2) is 39.1 Å². The number of nitrogens with zero attached hydrogens (tertiary/aromatic N) is 8. The Bertz CT molecular complexity index is 2930. The molecule has 4 aliphatic heterocycles. The molecule has 89 heavy (non-hydrogen) atoms. The van der Waals surface area contributed by atoms with E-state index in [2.05, 4.69) is 76.9 Å². The van der Waals surface area contributed by atoms with Gasteiger partial charge in [0.25, 0.3) is 0 Å². The summed E-state index contributed by atoms with van der Waals surface area (Å²) in [5.41, 5.74) is 7.87. The average Bonchev–Trinajstić information content (AvgIpc) is 2.77. The topological polar surface area (TPSA) is 353 Å². The molecule has 10 N–H and O–H groups in total. The molecule has 486 valence electrons. The standard InChI is InChI=1S/C28H39N5O6.C27H36N8O5.C4H9N3.CH2Cl2/c1-6-21-23(30-18-31-24(21)33-14-12-20(13-15-33)25(34)37-5)29-16-22(26(35)39-28(2,3)4)32-27(36)38-17-19-10-8-7-9-11-19;1-2-20-22(30-15-21(25(37)38)33-27(39)40-16-18-7-4-3-5-8-18)31-17-32-23(20)35-13-9-19(10-14-35)24(36)34-26-28-11-6-12-29-26;5-4-6-2-1-3-7-4;2-1-3/h7-11,18,20,22H,6,12-17H2,1-5H3,(H,32,36)(H,29,30,31);3-5,7-8,17,19,21H,2,6,9-16H2,1H3,(H,33,39)(H,37,38)(H,30,31,32)(H2,28,29,34,36);1-3H2,(H3,5,6,7);1H2. The molecule has 2 fully saturated rings. The number of aliphatic carboxylic acids is 1. The van der Waals surface area contributed by atoms with Crippen LogP contribution in [0.1, 0.15) is 95.4 Å². The third-order valence-electron chi connectivity index (χ3n) is 14.1. The molecular formula is C60H86Cl2N16O11. The van der Waals surface area contributed by atoms with Crippen LogP contribution < -0.4 is 52.8 Å². The van der Waals surface area contributed by atoms with Gasteiger partial charge in [-0.05, 0) is 83.3 Å². The number of carbonyl (C=O) groups is 6. The van der Waals surface area contributed by atoms with Gasteiger partial charge in [0.1, 0.15) is 66.8 Å². The number of benzene rings is 2. The fourth-order valence-corrected chi connectivity index (χ4v) is 9.52. The maximum Gasteiger partial charge on any atom is 0.408 e. The summed E-state index contributed by atoms with van der Waals surface area (Å²) < 4.78 is 20.9. The highest BCUT2D eigenvalue weighted by Crippen LogP contribution is 2.30. The first kappa shape index (κ1) is 71.3. The second-order valence-corrected chi connectivity index (χ2v) is 22.4. The molecule has 0 spiro atoms. The predicted molar refractivity (Wildman–Crippen MR) is 341 cm³/mol. The number of rotatable bonds is 20. The Morgan fingerprint density at radius 2 is 1.15 bits per heavy atom. The number of hydrogen-bond acceptors (Lipinski definition) is 23. The van der Waals surface area contributed by atoms with Crippen molar-refractivity contribution < 1.29 is 52.8 Å². The summed E-state index contributed by atoms with van der Waals surface area (Å²) in [5.74, 6) is 1.50. The first-order valence-corrected chi connectivity index (χ1v) is 30.8. The molecular weight excluding hydrogens is 1190 g/mol. The van der Waals surface area contributed by atoms with E-state index < -0.39 is 41.8 Å². The van der Waals surface area contributed by atoms with E-state index in [1.807, 2.05) is 74.5 Å². The monoisotopic (exact) mass is 1280 g/mol. The fraction of sp³-hybridized carbons (Fsp3) is 0.533. The van der Waals surface area contributed by atoms with Crippen molar-refractivity contribution in [3.05, 3.63) is 95.6 Å². The largest absolute Gasteiger partial charge is 0.480 e. The minimum absolute atomic E-state index is 0.0249. The first-order valence-electron chi connectivity index (χ1n) is 29.7. The minimum Gasteiger partial charge on any atom is -0.480 e. The fourth-order valence-electron chi connectivity index (χ4n) is 9.52. The van der Waals surface area contributed by atoms with E-state index in [1.165, 1.54) is 19.8 Å². The van der Waals surface area contributed by atoms with Crippen LogP contribution in [0.3, 0.4) is 0 Å². The van der Waals surface area contributed by atoms with Crippen LogP contribution >= 0.6 is 23.2 Å². The normalized spacial score (nSPS) is 15.6. The van der Waals surface area contributed by atoms with Crippen LogP contribution in [-0.4, -0.2) is 169 Å². The van der Waals surface area contributed by atoms with E-state index in [0.717, 1.165) is 66.4 Å². The molecule has 4 aliphatic rings. The molecule has 6 heterocycles. The molecule has 2 atom stereocenters. The number of guanidine groups is 2. The van der Waals surface area contributed by atoms with Crippen molar-refractivity contribution in [2.45, 2.75) is 117 Å². The number of alkyl carbamates (subject to hydrolysis) is 2. The number of amides is 3. The van der Waals surface area contributed by atoms with E-state index in [9.17, 15) is 33.9 Å². The predicted octanol–water partition coefficient (Wildman–Crippen LogP) is 5.71. The maximum absolute atomic E-state index is 13.0. The number of anilines is 4. The second kappa shape index (κ2) is 38.1. The van der Waals surface area contributed by atoms with Crippen LogP contribution in [0.25, 0.3) is 0 Å². The lowest BCUT2D eigenvalue weighted by atomic mass is 9.95. The number of aromatic nitrogens is 4. The van der Waals surface area contributed by atoms with Crippen LogP contribution in [0.15, 0.2) is 83.3 Å². The Hall–Kier alpha value is -8.46. The summed E-state index contributed by atoms with van der Waals surface area (Å²) in [6.45, 7) is 15.3. The van der Waals surface area contributed by atoms with E-state index in [1.54, 1.807) is 20.8 Å². The molecule has 2 aromatic heterocycles. The minimum atomic E-state index is -1.23. The lowest BCUT2D eigenvalue weighted by molar-refractivity contribution is -0.157. The average molecular weight is 1280 g/mol. The molecule has 29 heteroatoms. The van der Waals surface area contributed by atoms with Crippen LogP contribution in [0, 0.1) is 11.8 Å². The molecule has 2 saturated heterocycles. The Labute approximate surface area is 529 Å². The van der Waals surface area contributed by atoms with Gasteiger partial charge in [0.05, 0.1) is 18.4 Å². The zero-order chi connectivity index (χ0) is 64.6. The molecule has 0 bridgehead atoms. The SMILES string of the molecule is CCc1c(NCC(NC(=O)OCc2ccccc2)C(=O)O)ncnc1N1CCC(C(=O)NC2=NCCCN2)CC1.CCc1c(NCC(NC(=O)OCc2ccccc2)C(=O)OC(C)(C)C)ncnc1N1CCC(C(=O)OC)CC1.ClCCl.NC1=NCCCN1. The van der Waals surface area contributed by atoms with Gasteiger partial charge in [-0.15, -0.1) is 23.2 Å². The van der Waals surface area contributed by atoms with Crippen LogP contribution in [0.5, 0.6) is 0 Å². The number of aliphatic imine (C=N–C) groups is 2. The van der Waals surface area contributed by atoms with Crippen molar-refractivity contribution in [2.75, 3.05) is 98.3 Å². The molecule has 27 nitrogen and oxygen atoms in total. The smallest absolute Gasteiger partial charge is 0.408 e. The summed E-state index contributed by atoms with van der Waals surface area (Å²) >= 11 is 9.53. The van der Waals surface area contributed by atoms with Gasteiger partial charge in [0.2, 0.25) is 5.91 Å². The van der Waals surface area contributed by atoms with Crippen molar-refractivity contribution in [1.82, 2.24) is 46.5 Å².